The second-order valence-electron chi connectivity index (χ2n) is 1.80. The fraction of sp³-hybridized carbons (Fsp3) is 0.600. The maximum Gasteiger partial charge on any atom is 0.443 e. The van der Waals surface area contributed by atoms with Crippen LogP contribution in [-0.4, -0.2) is 12.6 Å². The van der Waals surface area contributed by atoms with Crippen molar-refractivity contribution in [2.75, 3.05) is 0 Å². The summed E-state index contributed by atoms with van der Waals surface area (Å²) in [6, 6.07) is 0. The van der Waals surface area contributed by atoms with Gasteiger partial charge in [0.2, 0.25) is 5.83 Å². The molecule has 0 unspecified atom stereocenters. The molecule has 0 amide bonds. The molecule has 0 atom stereocenters. The van der Waals surface area contributed by atoms with Gasteiger partial charge in [0, 0.05) is 5.57 Å². The predicted molar refractivity (Wildman–Crippen MR) is 25.9 cm³/mol. The second-order valence-corrected chi connectivity index (χ2v) is 1.80. The van der Waals surface area contributed by atoms with Crippen LogP contribution in [0.1, 0.15) is 6.92 Å². The summed E-state index contributed by atoms with van der Waals surface area (Å²) in [7, 11) is 0. The molecule has 0 aliphatic rings. The van der Waals surface area contributed by atoms with E-state index >= 15 is 0 Å². The van der Waals surface area contributed by atoms with Gasteiger partial charge in [0.15, 0.2) is 0 Å². The van der Waals surface area contributed by atoms with Gasteiger partial charge in [-0.3, -0.25) is 0 Å². The molecule has 0 fully saturated rings. The molecular weight excluding hydrogens is 174 g/mol. The first-order valence-corrected chi connectivity index (χ1v) is 2.48. The van der Waals surface area contributed by atoms with Crippen LogP contribution in [0.5, 0.6) is 0 Å². The van der Waals surface area contributed by atoms with Crippen molar-refractivity contribution in [3.63, 3.8) is 0 Å². The van der Waals surface area contributed by atoms with E-state index in [-0.39, 0.29) is 0 Å². The maximum absolute atomic E-state index is 11.8. The summed E-state index contributed by atoms with van der Waals surface area (Å²) >= 11 is 0. The standard InChI is InChI=1S/C5H4F6/c1-2(4(7)8)3(6)5(9,10)11/h4H,1H3/b3-2-. The van der Waals surface area contributed by atoms with Crippen LogP contribution in [0.15, 0.2) is 11.4 Å². The third-order valence-corrected chi connectivity index (χ3v) is 0.922. The van der Waals surface area contributed by atoms with Crippen LogP contribution in [0.2, 0.25) is 0 Å². The zero-order valence-corrected chi connectivity index (χ0v) is 5.35. The Bertz CT molecular complexity index is 164. The third-order valence-electron chi connectivity index (χ3n) is 0.922. The van der Waals surface area contributed by atoms with Gasteiger partial charge in [-0.25, -0.2) is 13.2 Å². The summed E-state index contributed by atoms with van der Waals surface area (Å²) in [4.78, 5) is 0. The zero-order chi connectivity index (χ0) is 9.23. The van der Waals surface area contributed by atoms with Gasteiger partial charge in [-0.2, -0.15) is 13.2 Å². The molecule has 0 aliphatic heterocycles. The Kier molecular flexibility index (Phi) is 2.95. The van der Waals surface area contributed by atoms with Crippen molar-refractivity contribution in [2.45, 2.75) is 19.5 Å². The highest BCUT2D eigenvalue weighted by Gasteiger charge is 2.37. The average Bonchev–Trinajstić information content (AvgIpc) is 1.82. The van der Waals surface area contributed by atoms with Crippen molar-refractivity contribution in [3.05, 3.63) is 11.4 Å². The molecule has 6 heteroatoms. The van der Waals surface area contributed by atoms with Crippen LogP contribution in [0.4, 0.5) is 26.3 Å². The minimum absolute atomic E-state index is 0.396. The minimum Gasteiger partial charge on any atom is -0.205 e. The van der Waals surface area contributed by atoms with Crippen molar-refractivity contribution in [2.24, 2.45) is 0 Å². The number of rotatable bonds is 1. The Morgan fingerprint density at radius 3 is 1.64 bits per heavy atom. The van der Waals surface area contributed by atoms with Crippen molar-refractivity contribution >= 4 is 0 Å². The summed E-state index contributed by atoms with van der Waals surface area (Å²) in [6.07, 6.45) is -8.71. The lowest BCUT2D eigenvalue weighted by Crippen LogP contribution is -2.12. The van der Waals surface area contributed by atoms with Crippen LogP contribution in [0.25, 0.3) is 0 Å². The summed E-state index contributed by atoms with van der Waals surface area (Å²) in [5, 5.41) is 0. The molecule has 0 aromatic rings. The molecule has 0 spiro atoms. The van der Waals surface area contributed by atoms with Gasteiger partial charge in [-0.1, -0.05) is 0 Å². The normalized spacial score (nSPS) is 15.3. The molecule has 66 valence electrons. The van der Waals surface area contributed by atoms with Crippen LogP contribution in [-0.2, 0) is 0 Å². The smallest absolute Gasteiger partial charge is 0.205 e. The largest absolute Gasteiger partial charge is 0.443 e. The monoisotopic (exact) mass is 178 g/mol. The summed E-state index contributed by atoms with van der Waals surface area (Å²) in [5.74, 6) is -2.72. The number of alkyl halides is 5. The average molecular weight is 178 g/mol. The Labute approximate surface area is 58.5 Å². The molecule has 0 aromatic heterocycles. The second kappa shape index (κ2) is 3.15. The lowest BCUT2D eigenvalue weighted by molar-refractivity contribution is -0.111. The van der Waals surface area contributed by atoms with E-state index in [0.717, 1.165) is 0 Å². The van der Waals surface area contributed by atoms with E-state index in [0.29, 0.717) is 6.92 Å². The highest BCUT2D eigenvalue weighted by molar-refractivity contribution is 5.11. The van der Waals surface area contributed by atoms with Gasteiger partial charge in [0.05, 0.1) is 0 Å². The van der Waals surface area contributed by atoms with E-state index in [1.165, 1.54) is 0 Å². The molecule has 0 radical (unpaired) electrons. The number of halogens is 6. The van der Waals surface area contributed by atoms with Crippen LogP contribution < -0.4 is 0 Å². The Balaban J connectivity index is 4.67. The first-order chi connectivity index (χ1) is 4.76. The quantitative estimate of drug-likeness (QED) is 0.541. The Morgan fingerprint density at radius 1 is 1.18 bits per heavy atom. The first-order valence-electron chi connectivity index (χ1n) is 2.48. The molecule has 0 bridgehead atoms. The van der Waals surface area contributed by atoms with E-state index in [1.54, 1.807) is 0 Å². The summed E-state index contributed by atoms with van der Waals surface area (Å²) in [5.41, 5.74) is -1.59. The molecule has 0 aromatic carbocycles. The lowest BCUT2D eigenvalue weighted by atomic mass is 10.3. The fourth-order valence-electron chi connectivity index (χ4n) is 0.319. The maximum atomic E-state index is 11.8. The number of hydrogen-bond acceptors (Lipinski definition) is 0. The summed E-state index contributed by atoms with van der Waals surface area (Å²) < 4.78 is 68.5. The van der Waals surface area contributed by atoms with Crippen LogP contribution >= 0.6 is 0 Å². The number of hydrogen-bond donors (Lipinski definition) is 0. The predicted octanol–water partition coefficient (Wildman–Crippen LogP) is 3.06. The highest BCUT2D eigenvalue weighted by Crippen LogP contribution is 2.30. The van der Waals surface area contributed by atoms with Gasteiger partial charge >= 0.3 is 6.18 Å². The van der Waals surface area contributed by atoms with E-state index in [9.17, 15) is 26.3 Å². The van der Waals surface area contributed by atoms with Gasteiger partial charge in [-0.05, 0) is 6.92 Å². The molecule has 0 aliphatic carbocycles. The molecule has 0 saturated heterocycles. The van der Waals surface area contributed by atoms with Crippen molar-refractivity contribution < 1.29 is 26.3 Å². The highest BCUT2D eigenvalue weighted by atomic mass is 19.4. The SMILES string of the molecule is C/C(=C(/F)C(F)(F)F)C(F)F. The molecule has 0 rings (SSSR count). The summed E-state index contributed by atoms with van der Waals surface area (Å²) in [6.45, 7) is 0.396. The molecule has 0 heterocycles. The Morgan fingerprint density at radius 2 is 1.55 bits per heavy atom. The minimum atomic E-state index is -5.31. The topological polar surface area (TPSA) is 0 Å². The molecule has 0 saturated carbocycles. The van der Waals surface area contributed by atoms with Crippen molar-refractivity contribution in [3.8, 4) is 0 Å². The fourth-order valence-corrected chi connectivity index (χ4v) is 0.319. The van der Waals surface area contributed by atoms with Crippen molar-refractivity contribution in [1.29, 1.82) is 0 Å². The Hall–Kier alpha value is -0.680. The molecule has 0 nitrogen and oxygen atoms in total. The first kappa shape index (κ1) is 10.3. The van der Waals surface area contributed by atoms with E-state index in [4.69, 9.17) is 0 Å². The van der Waals surface area contributed by atoms with Crippen LogP contribution in [0.3, 0.4) is 0 Å². The number of allylic oxidation sites excluding steroid dienone is 2. The molecule has 11 heavy (non-hydrogen) atoms. The molecular formula is C5H4F6. The van der Waals surface area contributed by atoms with E-state index in [1.807, 2.05) is 0 Å². The van der Waals surface area contributed by atoms with E-state index < -0.39 is 24.0 Å². The van der Waals surface area contributed by atoms with E-state index in [2.05, 4.69) is 0 Å². The van der Waals surface area contributed by atoms with Gasteiger partial charge in [0.1, 0.15) is 0 Å². The zero-order valence-electron chi connectivity index (χ0n) is 5.35. The van der Waals surface area contributed by atoms with Gasteiger partial charge in [-0.15, -0.1) is 0 Å². The molecule has 0 N–H and O–H groups in total. The van der Waals surface area contributed by atoms with Crippen molar-refractivity contribution in [1.82, 2.24) is 0 Å². The lowest BCUT2D eigenvalue weighted by Gasteiger charge is -2.06. The van der Waals surface area contributed by atoms with Crippen LogP contribution in [0, 0.1) is 0 Å². The van der Waals surface area contributed by atoms with Gasteiger partial charge < -0.3 is 0 Å². The van der Waals surface area contributed by atoms with Gasteiger partial charge in [0.25, 0.3) is 6.43 Å². The third kappa shape index (κ3) is 2.81.